The fraction of sp³-hybridized carbons (Fsp3) is 0.417. The van der Waals surface area contributed by atoms with Crippen LogP contribution in [0.1, 0.15) is 33.0 Å². The molecule has 0 saturated heterocycles. The highest BCUT2D eigenvalue weighted by molar-refractivity contribution is 7.17. The maximum Gasteiger partial charge on any atom is 0.347 e. The highest BCUT2D eigenvalue weighted by Gasteiger charge is 2.18. The summed E-state index contributed by atoms with van der Waals surface area (Å²) in [5.41, 5.74) is 1.63. The van der Waals surface area contributed by atoms with Crippen LogP contribution in [0, 0.1) is 6.92 Å². The number of carboxylic acids is 1. The molecule has 0 amide bonds. The number of thiazole rings is 2. The van der Waals surface area contributed by atoms with E-state index in [0.29, 0.717) is 23.5 Å². The minimum atomic E-state index is -0.904. The number of hydrogen-bond donors (Lipinski definition) is 1. The number of nitrogens with zero attached hydrogens (tertiary/aromatic N) is 3. The predicted molar refractivity (Wildman–Crippen MR) is 77.4 cm³/mol. The third-order valence-corrected chi connectivity index (χ3v) is 4.63. The molecule has 2 rings (SSSR count). The van der Waals surface area contributed by atoms with Gasteiger partial charge in [0.25, 0.3) is 0 Å². The lowest BCUT2D eigenvalue weighted by Gasteiger charge is -2.13. The van der Waals surface area contributed by atoms with Crippen molar-refractivity contribution in [3.8, 4) is 0 Å². The van der Waals surface area contributed by atoms with Crippen molar-refractivity contribution in [2.45, 2.75) is 26.8 Å². The Kier molecular flexibility index (Phi) is 4.16. The zero-order chi connectivity index (χ0) is 14.0. The van der Waals surface area contributed by atoms with E-state index < -0.39 is 5.97 Å². The Morgan fingerprint density at radius 1 is 1.47 bits per heavy atom. The molecule has 2 heterocycles. The van der Waals surface area contributed by atoms with Crippen molar-refractivity contribution in [2.24, 2.45) is 0 Å². The Morgan fingerprint density at radius 3 is 2.68 bits per heavy atom. The van der Waals surface area contributed by atoms with Gasteiger partial charge in [-0.15, -0.1) is 11.3 Å². The molecule has 0 bridgehead atoms. The summed E-state index contributed by atoms with van der Waals surface area (Å²) in [4.78, 5) is 22.2. The first kappa shape index (κ1) is 14.0. The fourth-order valence-corrected chi connectivity index (χ4v) is 3.26. The fourth-order valence-electron chi connectivity index (χ4n) is 1.70. The first-order chi connectivity index (χ1) is 9.01. The number of rotatable bonds is 5. The minimum Gasteiger partial charge on any atom is -0.477 e. The van der Waals surface area contributed by atoms with Gasteiger partial charge in [-0.3, -0.25) is 0 Å². The SMILES string of the molecule is CCc1nc(N(C)Cc2csc(C)n2)sc1C(=O)O. The summed E-state index contributed by atoms with van der Waals surface area (Å²) in [5, 5.41) is 12.9. The molecule has 0 spiro atoms. The third kappa shape index (κ3) is 3.10. The van der Waals surface area contributed by atoms with Crippen LogP contribution in [0.3, 0.4) is 0 Å². The van der Waals surface area contributed by atoms with E-state index in [1.165, 1.54) is 11.3 Å². The van der Waals surface area contributed by atoms with Gasteiger partial charge in [-0.2, -0.15) is 0 Å². The summed E-state index contributed by atoms with van der Waals surface area (Å²) in [6.45, 7) is 4.52. The average molecular weight is 297 g/mol. The minimum absolute atomic E-state index is 0.332. The molecule has 0 saturated carbocycles. The number of hydrogen-bond acceptors (Lipinski definition) is 6. The second-order valence-electron chi connectivity index (χ2n) is 4.14. The third-order valence-electron chi connectivity index (χ3n) is 2.61. The van der Waals surface area contributed by atoms with Crippen molar-refractivity contribution in [1.82, 2.24) is 9.97 Å². The summed E-state index contributed by atoms with van der Waals surface area (Å²) in [5.74, 6) is -0.904. The first-order valence-corrected chi connectivity index (χ1v) is 7.56. The average Bonchev–Trinajstić information content (AvgIpc) is 2.95. The van der Waals surface area contributed by atoms with E-state index in [4.69, 9.17) is 5.11 Å². The van der Waals surface area contributed by atoms with Crippen LogP contribution in [0.2, 0.25) is 0 Å². The van der Waals surface area contributed by atoms with Gasteiger partial charge in [0, 0.05) is 12.4 Å². The number of aryl methyl sites for hydroxylation is 2. The Hall–Kier alpha value is -1.47. The molecule has 7 heteroatoms. The van der Waals surface area contributed by atoms with Gasteiger partial charge in [0.1, 0.15) is 4.88 Å². The number of carbonyl (C=O) groups is 1. The van der Waals surface area contributed by atoms with Gasteiger partial charge in [-0.1, -0.05) is 18.3 Å². The number of anilines is 1. The molecular formula is C12H15N3O2S2. The van der Waals surface area contributed by atoms with Crippen molar-refractivity contribution in [3.63, 3.8) is 0 Å². The number of aromatic nitrogens is 2. The van der Waals surface area contributed by atoms with E-state index in [1.807, 2.05) is 31.2 Å². The topological polar surface area (TPSA) is 66.3 Å². The van der Waals surface area contributed by atoms with Gasteiger partial charge in [0.15, 0.2) is 5.13 Å². The summed E-state index contributed by atoms with van der Waals surface area (Å²) in [6, 6.07) is 0. The normalized spacial score (nSPS) is 10.7. The Labute approximate surface area is 119 Å². The highest BCUT2D eigenvalue weighted by Crippen LogP contribution is 2.27. The molecule has 0 unspecified atom stereocenters. The Balaban J connectivity index is 2.19. The summed E-state index contributed by atoms with van der Waals surface area (Å²) < 4.78 is 0. The standard InChI is InChI=1S/C12H15N3O2S2/c1-4-9-10(11(16)17)19-12(14-9)15(3)5-8-6-18-7(2)13-8/h6H,4-5H2,1-3H3,(H,16,17). The molecule has 5 nitrogen and oxygen atoms in total. The molecule has 2 aromatic rings. The van der Waals surface area contributed by atoms with Gasteiger partial charge < -0.3 is 10.0 Å². The van der Waals surface area contributed by atoms with Crippen LogP contribution in [0.25, 0.3) is 0 Å². The molecule has 19 heavy (non-hydrogen) atoms. The Bertz CT molecular complexity index is 592. The molecule has 0 aliphatic rings. The highest BCUT2D eigenvalue weighted by atomic mass is 32.1. The lowest BCUT2D eigenvalue weighted by Crippen LogP contribution is -2.16. The monoisotopic (exact) mass is 297 g/mol. The predicted octanol–water partition coefficient (Wildman–Crippen LogP) is 2.81. The van der Waals surface area contributed by atoms with Crippen molar-refractivity contribution in [3.05, 3.63) is 26.7 Å². The maximum atomic E-state index is 11.1. The molecule has 0 aliphatic heterocycles. The van der Waals surface area contributed by atoms with Gasteiger partial charge in [-0.05, 0) is 13.3 Å². The summed E-state index contributed by atoms with van der Waals surface area (Å²) >= 11 is 2.83. The van der Waals surface area contributed by atoms with Crippen LogP contribution < -0.4 is 4.90 Å². The molecule has 0 fully saturated rings. The number of aromatic carboxylic acids is 1. The zero-order valence-electron chi connectivity index (χ0n) is 11.0. The van der Waals surface area contributed by atoms with E-state index in [2.05, 4.69) is 9.97 Å². The molecule has 0 radical (unpaired) electrons. The van der Waals surface area contributed by atoms with Crippen LogP contribution in [-0.2, 0) is 13.0 Å². The van der Waals surface area contributed by atoms with Crippen molar-refractivity contribution in [2.75, 3.05) is 11.9 Å². The van der Waals surface area contributed by atoms with Gasteiger partial charge >= 0.3 is 5.97 Å². The smallest absolute Gasteiger partial charge is 0.347 e. The number of carboxylic acid groups (broad SMARTS) is 1. The van der Waals surface area contributed by atoms with Crippen LogP contribution in [0.15, 0.2) is 5.38 Å². The maximum absolute atomic E-state index is 11.1. The quantitative estimate of drug-likeness (QED) is 0.919. The van der Waals surface area contributed by atoms with E-state index >= 15 is 0 Å². The lowest BCUT2D eigenvalue weighted by atomic mass is 10.3. The van der Waals surface area contributed by atoms with E-state index in [-0.39, 0.29) is 0 Å². The molecular weight excluding hydrogens is 282 g/mol. The van der Waals surface area contributed by atoms with Gasteiger partial charge in [0.05, 0.1) is 22.9 Å². The van der Waals surface area contributed by atoms with Crippen molar-refractivity contribution < 1.29 is 9.90 Å². The Morgan fingerprint density at radius 2 is 2.21 bits per heavy atom. The molecule has 2 aromatic heterocycles. The lowest BCUT2D eigenvalue weighted by molar-refractivity contribution is 0.0701. The van der Waals surface area contributed by atoms with E-state index in [0.717, 1.165) is 15.8 Å². The summed E-state index contributed by atoms with van der Waals surface area (Å²) in [6.07, 6.45) is 0.627. The first-order valence-electron chi connectivity index (χ1n) is 5.86. The van der Waals surface area contributed by atoms with Crippen molar-refractivity contribution >= 4 is 33.8 Å². The van der Waals surface area contributed by atoms with Crippen molar-refractivity contribution in [1.29, 1.82) is 0 Å². The largest absolute Gasteiger partial charge is 0.477 e. The van der Waals surface area contributed by atoms with Crippen LogP contribution in [0.4, 0.5) is 5.13 Å². The van der Waals surface area contributed by atoms with Crippen LogP contribution >= 0.6 is 22.7 Å². The second-order valence-corrected chi connectivity index (χ2v) is 6.18. The molecule has 0 aromatic carbocycles. The molecule has 1 N–H and O–H groups in total. The van der Waals surface area contributed by atoms with E-state index in [9.17, 15) is 4.79 Å². The second kappa shape index (κ2) is 5.66. The van der Waals surface area contributed by atoms with E-state index in [1.54, 1.807) is 11.3 Å². The van der Waals surface area contributed by atoms with Crippen LogP contribution in [-0.4, -0.2) is 28.1 Å². The van der Waals surface area contributed by atoms with Gasteiger partial charge in [0.2, 0.25) is 0 Å². The molecule has 102 valence electrons. The van der Waals surface area contributed by atoms with Gasteiger partial charge in [-0.25, -0.2) is 14.8 Å². The summed E-state index contributed by atoms with van der Waals surface area (Å²) in [7, 11) is 1.90. The molecule has 0 aliphatic carbocycles. The van der Waals surface area contributed by atoms with Crippen LogP contribution in [0.5, 0.6) is 0 Å². The zero-order valence-corrected chi connectivity index (χ0v) is 12.6. The molecule has 0 atom stereocenters.